The second-order valence-corrected chi connectivity index (χ2v) is 7.05. The van der Waals surface area contributed by atoms with E-state index in [2.05, 4.69) is 56.1 Å². The third kappa shape index (κ3) is 3.85. The summed E-state index contributed by atoms with van der Waals surface area (Å²) >= 11 is 0. The number of hydrogen-bond donors (Lipinski definition) is 0. The Morgan fingerprint density at radius 3 is 2.96 bits per heavy atom. The minimum absolute atomic E-state index is 0.423. The Morgan fingerprint density at radius 1 is 1.19 bits per heavy atom. The van der Waals surface area contributed by atoms with E-state index in [1.54, 1.807) is 13.4 Å². The summed E-state index contributed by atoms with van der Waals surface area (Å²) in [5, 5.41) is 1.25. The van der Waals surface area contributed by atoms with Crippen molar-refractivity contribution in [1.29, 1.82) is 0 Å². The van der Waals surface area contributed by atoms with Crippen LogP contribution < -0.4 is 9.64 Å². The zero-order valence-corrected chi connectivity index (χ0v) is 15.9. The average molecular weight is 363 g/mol. The highest BCUT2D eigenvalue weighted by atomic mass is 16.5. The van der Waals surface area contributed by atoms with Crippen LogP contribution in [0.1, 0.15) is 18.4 Å². The van der Waals surface area contributed by atoms with Crippen LogP contribution in [0.15, 0.2) is 48.9 Å². The van der Waals surface area contributed by atoms with Crippen molar-refractivity contribution in [3.8, 4) is 5.88 Å². The molecule has 3 aromatic rings. The van der Waals surface area contributed by atoms with Gasteiger partial charge in [-0.2, -0.15) is 0 Å². The van der Waals surface area contributed by atoms with Crippen molar-refractivity contribution in [3.63, 3.8) is 0 Å². The molecule has 1 atom stereocenters. The molecule has 6 nitrogen and oxygen atoms in total. The van der Waals surface area contributed by atoms with E-state index in [1.165, 1.54) is 17.4 Å². The van der Waals surface area contributed by atoms with Crippen LogP contribution in [0.5, 0.6) is 5.88 Å². The zero-order valence-electron chi connectivity index (χ0n) is 15.9. The molecule has 1 aliphatic heterocycles. The molecule has 140 valence electrons. The summed E-state index contributed by atoms with van der Waals surface area (Å²) < 4.78 is 5.24. The average Bonchev–Trinajstić information content (AvgIpc) is 2.74. The lowest BCUT2D eigenvalue weighted by Gasteiger charge is -2.38. The lowest BCUT2D eigenvalue weighted by Crippen LogP contribution is -2.46. The van der Waals surface area contributed by atoms with Crippen LogP contribution >= 0.6 is 0 Å². The van der Waals surface area contributed by atoms with Crippen molar-refractivity contribution in [3.05, 3.63) is 54.5 Å². The van der Waals surface area contributed by atoms with E-state index < -0.39 is 0 Å². The number of pyridine rings is 1. The van der Waals surface area contributed by atoms with Crippen molar-refractivity contribution < 1.29 is 4.74 Å². The van der Waals surface area contributed by atoms with Crippen molar-refractivity contribution in [2.75, 3.05) is 32.1 Å². The number of anilines is 1. The molecule has 0 spiro atoms. The number of aromatic nitrogens is 3. The van der Waals surface area contributed by atoms with Crippen LogP contribution in [-0.4, -0.2) is 53.1 Å². The molecule has 3 heterocycles. The second-order valence-electron chi connectivity index (χ2n) is 7.05. The van der Waals surface area contributed by atoms with Gasteiger partial charge in [0.1, 0.15) is 12.1 Å². The van der Waals surface area contributed by atoms with Gasteiger partial charge in [0.2, 0.25) is 5.88 Å². The molecule has 0 radical (unpaired) electrons. The SMILES string of the molecule is COc1cc(N(C)C2CCCN(Cc3ccnc4ccccc34)C2)ncn1. The number of rotatable bonds is 5. The van der Waals surface area contributed by atoms with Crippen molar-refractivity contribution in [2.45, 2.75) is 25.4 Å². The summed E-state index contributed by atoms with van der Waals surface area (Å²) in [5.41, 5.74) is 2.40. The summed E-state index contributed by atoms with van der Waals surface area (Å²) in [6.45, 7) is 3.08. The number of hydrogen-bond acceptors (Lipinski definition) is 6. The van der Waals surface area contributed by atoms with Gasteiger partial charge >= 0.3 is 0 Å². The van der Waals surface area contributed by atoms with E-state index in [4.69, 9.17) is 4.74 Å². The van der Waals surface area contributed by atoms with Crippen LogP contribution in [-0.2, 0) is 6.54 Å². The molecule has 1 aliphatic rings. The molecule has 0 amide bonds. The molecule has 0 bridgehead atoms. The molecule has 1 aromatic carbocycles. The van der Waals surface area contributed by atoms with Crippen LogP contribution in [0, 0.1) is 0 Å². The standard InChI is InChI=1S/C21H25N5O/c1-25(20-12-21(27-2)24-15-23-20)17-6-5-11-26(14-17)13-16-9-10-22-19-8-4-3-7-18(16)19/h3-4,7-10,12,15,17H,5-6,11,13-14H2,1-2H3. The fourth-order valence-electron chi connectivity index (χ4n) is 3.85. The Balaban J connectivity index is 1.49. The van der Waals surface area contributed by atoms with Gasteiger partial charge in [-0.25, -0.2) is 9.97 Å². The van der Waals surface area contributed by atoms with Gasteiger partial charge in [-0.15, -0.1) is 0 Å². The maximum atomic E-state index is 5.24. The van der Waals surface area contributed by atoms with E-state index in [-0.39, 0.29) is 0 Å². The Kier molecular flexibility index (Phi) is 5.16. The number of nitrogens with zero attached hydrogens (tertiary/aromatic N) is 5. The zero-order chi connectivity index (χ0) is 18.6. The Hall–Kier alpha value is -2.73. The number of likely N-dealkylation sites (tertiary alicyclic amines) is 1. The number of piperidine rings is 1. The molecular formula is C21H25N5O. The smallest absolute Gasteiger partial charge is 0.218 e. The molecule has 0 aliphatic carbocycles. The Morgan fingerprint density at radius 2 is 2.07 bits per heavy atom. The van der Waals surface area contributed by atoms with Crippen molar-refractivity contribution >= 4 is 16.7 Å². The van der Waals surface area contributed by atoms with Crippen molar-refractivity contribution in [2.24, 2.45) is 0 Å². The van der Waals surface area contributed by atoms with Gasteiger partial charge in [-0.1, -0.05) is 18.2 Å². The lowest BCUT2D eigenvalue weighted by atomic mass is 10.0. The molecule has 2 aromatic heterocycles. The Labute approximate surface area is 159 Å². The van der Waals surface area contributed by atoms with E-state index >= 15 is 0 Å². The minimum Gasteiger partial charge on any atom is -0.481 e. The highest BCUT2D eigenvalue weighted by Gasteiger charge is 2.24. The second kappa shape index (κ2) is 7.88. The first-order valence-electron chi connectivity index (χ1n) is 9.38. The maximum Gasteiger partial charge on any atom is 0.218 e. The lowest BCUT2D eigenvalue weighted by molar-refractivity contribution is 0.199. The quantitative estimate of drug-likeness (QED) is 0.694. The first-order chi connectivity index (χ1) is 13.2. The van der Waals surface area contributed by atoms with Crippen LogP contribution in [0.2, 0.25) is 0 Å². The number of fused-ring (bicyclic) bond motifs is 1. The van der Waals surface area contributed by atoms with E-state index in [0.29, 0.717) is 11.9 Å². The van der Waals surface area contributed by atoms with Gasteiger partial charge in [-0.3, -0.25) is 9.88 Å². The van der Waals surface area contributed by atoms with Gasteiger partial charge in [0, 0.05) is 43.8 Å². The summed E-state index contributed by atoms with van der Waals surface area (Å²) in [6, 6.07) is 12.8. The molecule has 27 heavy (non-hydrogen) atoms. The monoisotopic (exact) mass is 363 g/mol. The van der Waals surface area contributed by atoms with Gasteiger partial charge in [0.15, 0.2) is 0 Å². The number of benzene rings is 1. The summed E-state index contributed by atoms with van der Waals surface area (Å²) in [6.07, 6.45) is 5.82. The predicted octanol–water partition coefficient (Wildman–Crippen LogP) is 3.13. The summed E-state index contributed by atoms with van der Waals surface area (Å²) in [7, 11) is 3.74. The first-order valence-corrected chi connectivity index (χ1v) is 9.38. The Bertz CT molecular complexity index is 910. The topological polar surface area (TPSA) is 54.4 Å². The number of methoxy groups -OCH3 is 1. The molecular weight excluding hydrogens is 338 g/mol. The van der Waals surface area contributed by atoms with Gasteiger partial charge in [-0.05, 0) is 37.1 Å². The summed E-state index contributed by atoms with van der Waals surface area (Å²) in [4.78, 5) is 17.8. The fourth-order valence-corrected chi connectivity index (χ4v) is 3.85. The molecule has 1 unspecified atom stereocenters. The third-order valence-electron chi connectivity index (χ3n) is 5.36. The molecule has 1 fully saturated rings. The third-order valence-corrected chi connectivity index (χ3v) is 5.36. The predicted molar refractivity (Wildman–Crippen MR) is 107 cm³/mol. The molecule has 6 heteroatoms. The van der Waals surface area contributed by atoms with E-state index in [1.807, 2.05) is 18.3 Å². The van der Waals surface area contributed by atoms with Crippen LogP contribution in [0.25, 0.3) is 10.9 Å². The number of ether oxygens (including phenoxy) is 1. The van der Waals surface area contributed by atoms with Gasteiger partial charge in [0.05, 0.1) is 12.6 Å². The van der Waals surface area contributed by atoms with Gasteiger partial charge < -0.3 is 9.64 Å². The highest BCUT2D eigenvalue weighted by Crippen LogP contribution is 2.24. The maximum absolute atomic E-state index is 5.24. The minimum atomic E-state index is 0.423. The molecule has 4 rings (SSSR count). The number of para-hydroxylation sites is 1. The normalized spacial score (nSPS) is 17.8. The largest absolute Gasteiger partial charge is 0.481 e. The fraction of sp³-hybridized carbons (Fsp3) is 0.381. The van der Waals surface area contributed by atoms with Crippen LogP contribution in [0.4, 0.5) is 5.82 Å². The van der Waals surface area contributed by atoms with E-state index in [9.17, 15) is 0 Å². The summed E-state index contributed by atoms with van der Waals surface area (Å²) in [5.74, 6) is 1.51. The first kappa shape index (κ1) is 17.7. The van der Waals surface area contributed by atoms with Gasteiger partial charge in [0.25, 0.3) is 0 Å². The molecule has 1 saturated heterocycles. The van der Waals surface area contributed by atoms with Crippen molar-refractivity contribution in [1.82, 2.24) is 19.9 Å². The highest BCUT2D eigenvalue weighted by molar-refractivity contribution is 5.81. The van der Waals surface area contributed by atoms with E-state index in [0.717, 1.165) is 37.4 Å². The number of likely N-dealkylation sites (N-methyl/N-ethyl adjacent to an activating group) is 1. The van der Waals surface area contributed by atoms with Crippen LogP contribution in [0.3, 0.4) is 0 Å². The molecule has 0 N–H and O–H groups in total. The molecule has 0 saturated carbocycles.